The summed E-state index contributed by atoms with van der Waals surface area (Å²) in [5.74, 6) is 0.108. The molecule has 7 nitrogen and oxygen atoms in total. The van der Waals surface area contributed by atoms with Gasteiger partial charge in [0.15, 0.2) is 5.84 Å². The molecule has 3 N–H and O–H groups in total. The maximum Gasteiger partial charge on any atom is 0.170 e. The van der Waals surface area contributed by atoms with E-state index in [1.807, 2.05) is 24.3 Å². The lowest BCUT2D eigenvalue weighted by molar-refractivity contribution is 0.318. The van der Waals surface area contributed by atoms with Crippen LogP contribution in [0.4, 0.5) is 0 Å². The third-order valence-corrected chi connectivity index (χ3v) is 2.38. The Kier molecular flexibility index (Phi) is 3.29. The highest BCUT2D eigenvalue weighted by Gasteiger charge is 2.00. The van der Waals surface area contributed by atoms with Crippen molar-refractivity contribution in [3.63, 3.8) is 0 Å². The van der Waals surface area contributed by atoms with Gasteiger partial charge in [0.05, 0.1) is 0 Å². The molecule has 2 rings (SSSR count). The van der Waals surface area contributed by atoms with E-state index in [0.717, 1.165) is 18.5 Å². The number of nitrogens with two attached hydrogens (primary N) is 1. The highest BCUT2D eigenvalue weighted by atomic mass is 16.4. The molecule has 7 heteroatoms. The third kappa shape index (κ3) is 2.77. The van der Waals surface area contributed by atoms with Gasteiger partial charge < -0.3 is 10.9 Å². The van der Waals surface area contributed by atoms with Crippen LogP contribution in [0, 0.1) is 0 Å². The normalized spacial score (nSPS) is 11.6. The van der Waals surface area contributed by atoms with Crippen LogP contribution in [0.1, 0.15) is 11.1 Å². The fraction of sp³-hybridized carbons (Fsp3) is 0.200. The average molecular weight is 232 g/mol. The van der Waals surface area contributed by atoms with Crippen LogP contribution < -0.4 is 5.73 Å². The number of rotatable bonds is 4. The van der Waals surface area contributed by atoms with Crippen molar-refractivity contribution < 1.29 is 5.21 Å². The molecule has 0 aliphatic carbocycles. The number of amidine groups is 1. The molecule has 0 aliphatic heterocycles. The van der Waals surface area contributed by atoms with Crippen LogP contribution in [-0.2, 0) is 13.0 Å². The fourth-order valence-electron chi connectivity index (χ4n) is 1.43. The van der Waals surface area contributed by atoms with Gasteiger partial charge in [-0.1, -0.05) is 29.4 Å². The number of oxime groups is 1. The quantitative estimate of drug-likeness (QED) is 0.334. The van der Waals surface area contributed by atoms with Gasteiger partial charge in [-0.15, -0.1) is 5.10 Å². The topological polar surface area (TPSA) is 102 Å². The number of tetrazole rings is 1. The summed E-state index contributed by atoms with van der Waals surface area (Å²) in [5.41, 5.74) is 7.29. The molecule has 88 valence electrons. The van der Waals surface area contributed by atoms with Crippen molar-refractivity contribution in [1.29, 1.82) is 0 Å². The summed E-state index contributed by atoms with van der Waals surface area (Å²) in [6, 6.07) is 7.48. The van der Waals surface area contributed by atoms with E-state index in [0.29, 0.717) is 5.56 Å². The summed E-state index contributed by atoms with van der Waals surface area (Å²) in [6.07, 6.45) is 2.40. The molecule has 17 heavy (non-hydrogen) atoms. The molecule has 0 fully saturated rings. The van der Waals surface area contributed by atoms with Crippen LogP contribution in [0.3, 0.4) is 0 Å². The SMILES string of the molecule is NC(=NO)c1ccc(CCn2cnnn2)cc1. The average Bonchev–Trinajstić information content (AvgIpc) is 2.89. The standard InChI is InChI=1S/C10H12N6O/c11-10(13-17)9-3-1-8(2-4-9)5-6-16-7-12-14-15-16/h1-4,7,17H,5-6H2,(H2,11,13). The Labute approximate surface area is 97.6 Å². The van der Waals surface area contributed by atoms with Gasteiger partial charge in [0.25, 0.3) is 0 Å². The maximum atomic E-state index is 8.52. The van der Waals surface area contributed by atoms with E-state index in [9.17, 15) is 0 Å². The van der Waals surface area contributed by atoms with E-state index in [2.05, 4.69) is 20.7 Å². The highest BCUT2D eigenvalue weighted by molar-refractivity contribution is 5.96. The van der Waals surface area contributed by atoms with Gasteiger partial charge in [-0.05, 0) is 22.4 Å². The van der Waals surface area contributed by atoms with Gasteiger partial charge in [0, 0.05) is 12.1 Å². The van der Waals surface area contributed by atoms with Crippen LogP contribution in [-0.4, -0.2) is 31.3 Å². The van der Waals surface area contributed by atoms with E-state index in [1.54, 1.807) is 11.0 Å². The largest absolute Gasteiger partial charge is 0.409 e. The van der Waals surface area contributed by atoms with Crippen molar-refractivity contribution in [3.8, 4) is 0 Å². The number of hydrogen-bond donors (Lipinski definition) is 2. The lowest BCUT2D eigenvalue weighted by Crippen LogP contribution is -2.12. The molecule has 1 heterocycles. The van der Waals surface area contributed by atoms with E-state index >= 15 is 0 Å². The van der Waals surface area contributed by atoms with Gasteiger partial charge in [-0.2, -0.15) is 0 Å². The zero-order chi connectivity index (χ0) is 12.1. The minimum atomic E-state index is 0.108. The van der Waals surface area contributed by atoms with Gasteiger partial charge >= 0.3 is 0 Å². The van der Waals surface area contributed by atoms with Gasteiger partial charge in [0.2, 0.25) is 0 Å². The number of hydrogen-bond acceptors (Lipinski definition) is 5. The summed E-state index contributed by atoms with van der Waals surface area (Å²) in [6.45, 7) is 0.718. The summed E-state index contributed by atoms with van der Waals surface area (Å²) >= 11 is 0. The number of aryl methyl sites for hydroxylation is 2. The monoisotopic (exact) mass is 232 g/mol. The molecule has 0 saturated carbocycles. The lowest BCUT2D eigenvalue weighted by Gasteiger charge is -2.02. The highest BCUT2D eigenvalue weighted by Crippen LogP contribution is 2.05. The van der Waals surface area contributed by atoms with E-state index < -0.39 is 0 Å². The Bertz CT molecular complexity index is 490. The van der Waals surface area contributed by atoms with Crippen molar-refractivity contribution in [2.45, 2.75) is 13.0 Å². The summed E-state index contributed by atoms with van der Waals surface area (Å²) < 4.78 is 1.66. The first kappa shape index (κ1) is 11.1. The van der Waals surface area contributed by atoms with Crippen LogP contribution in [0.25, 0.3) is 0 Å². The Morgan fingerprint density at radius 2 is 2.12 bits per heavy atom. The first-order chi connectivity index (χ1) is 8.29. The number of benzene rings is 1. The molecule has 0 atom stereocenters. The Balaban J connectivity index is 1.99. The first-order valence-corrected chi connectivity index (χ1v) is 5.07. The van der Waals surface area contributed by atoms with Crippen molar-refractivity contribution in [1.82, 2.24) is 20.2 Å². The van der Waals surface area contributed by atoms with Gasteiger partial charge in [0.1, 0.15) is 6.33 Å². The molecular weight excluding hydrogens is 220 g/mol. The molecule has 0 amide bonds. The first-order valence-electron chi connectivity index (χ1n) is 5.07. The fourth-order valence-corrected chi connectivity index (χ4v) is 1.43. The molecular formula is C10H12N6O. The second-order valence-corrected chi connectivity index (χ2v) is 3.51. The maximum absolute atomic E-state index is 8.52. The predicted octanol–water partition coefficient (Wildman–Crippen LogP) is 0.0103. The van der Waals surface area contributed by atoms with Crippen molar-refractivity contribution in [2.75, 3.05) is 0 Å². The molecule has 0 unspecified atom stereocenters. The van der Waals surface area contributed by atoms with Gasteiger partial charge in [-0.3, -0.25) is 0 Å². The summed E-state index contributed by atoms with van der Waals surface area (Å²) in [7, 11) is 0. The minimum absolute atomic E-state index is 0.108. The minimum Gasteiger partial charge on any atom is -0.409 e. The molecule has 0 spiro atoms. The Morgan fingerprint density at radius 3 is 2.71 bits per heavy atom. The smallest absolute Gasteiger partial charge is 0.170 e. The zero-order valence-electron chi connectivity index (χ0n) is 9.06. The third-order valence-electron chi connectivity index (χ3n) is 2.38. The van der Waals surface area contributed by atoms with Crippen LogP contribution in [0.2, 0.25) is 0 Å². The number of nitrogens with zero attached hydrogens (tertiary/aromatic N) is 5. The summed E-state index contributed by atoms with van der Waals surface area (Å²) in [5, 5.41) is 22.3. The molecule has 1 aromatic heterocycles. The van der Waals surface area contributed by atoms with Crippen molar-refractivity contribution in [2.24, 2.45) is 10.9 Å². The Hall–Kier alpha value is -2.44. The molecule has 0 radical (unpaired) electrons. The molecule has 0 bridgehead atoms. The molecule has 2 aromatic rings. The van der Waals surface area contributed by atoms with Crippen molar-refractivity contribution >= 4 is 5.84 Å². The van der Waals surface area contributed by atoms with E-state index in [1.165, 1.54) is 0 Å². The zero-order valence-corrected chi connectivity index (χ0v) is 9.06. The second kappa shape index (κ2) is 5.06. The molecule has 0 saturated heterocycles. The molecule has 0 aliphatic rings. The van der Waals surface area contributed by atoms with Crippen LogP contribution >= 0.6 is 0 Å². The van der Waals surface area contributed by atoms with E-state index in [4.69, 9.17) is 10.9 Å². The summed E-state index contributed by atoms with van der Waals surface area (Å²) in [4.78, 5) is 0. The van der Waals surface area contributed by atoms with Gasteiger partial charge in [-0.25, -0.2) is 4.68 Å². The Morgan fingerprint density at radius 1 is 1.35 bits per heavy atom. The van der Waals surface area contributed by atoms with Crippen LogP contribution in [0.15, 0.2) is 35.7 Å². The van der Waals surface area contributed by atoms with Crippen LogP contribution in [0.5, 0.6) is 0 Å². The lowest BCUT2D eigenvalue weighted by atomic mass is 10.1. The predicted molar refractivity (Wildman–Crippen MR) is 60.5 cm³/mol. The number of aromatic nitrogens is 4. The van der Waals surface area contributed by atoms with Crippen molar-refractivity contribution in [3.05, 3.63) is 41.7 Å². The second-order valence-electron chi connectivity index (χ2n) is 3.51. The van der Waals surface area contributed by atoms with E-state index in [-0.39, 0.29) is 5.84 Å². The molecule has 1 aromatic carbocycles.